The van der Waals surface area contributed by atoms with Crippen molar-refractivity contribution < 1.29 is 13.9 Å². The Bertz CT molecular complexity index is 273. The number of aliphatic hydroxyl groups excluding tert-OH is 1. The van der Waals surface area contributed by atoms with E-state index in [1.165, 1.54) is 12.1 Å². The van der Waals surface area contributed by atoms with Gasteiger partial charge in [-0.1, -0.05) is 13.0 Å². The topological polar surface area (TPSA) is 20.2 Å². The highest BCUT2D eigenvalue weighted by atomic mass is 19.1. The van der Waals surface area contributed by atoms with Crippen LogP contribution in [0.25, 0.3) is 0 Å². The van der Waals surface area contributed by atoms with Crippen LogP contribution in [0.1, 0.15) is 18.4 Å². The summed E-state index contributed by atoms with van der Waals surface area (Å²) >= 11 is 0. The molecule has 0 bridgehead atoms. The standard InChI is InChI=1S/C9H10F2O/c1-6(5-12)8-3-2-7(10)4-9(8)11/h2-4,6,12H,5H2,1H3/t6-/m1/s1. The molecule has 1 aromatic carbocycles. The van der Waals surface area contributed by atoms with Crippen molar-refractivity contribution in [3.05, 3.63) is 35.4 Å². The average Bonchev–Trinajstić information content (AvgIpc) is 2.03. The predicted octanol–water partition coefficient (Wildman–Crippen LogP) is 2.06. The first-order valence-corrected chi connectivity index (χ1v) is 3.71. The largest absolute Gasteiger partial charge is 0.396 e. The molecular weight excluding hydrogens is 162 g/mol. The molecule has 1 aromatic rings. The molecule has 0 aliphatic rings. The summed E-state index contributed by atoms with van der Waals surface area (Å²) in [5.41, 5.74) is 0.346. The maximum absolute atomic E-state index is 12.9. The van der Waals surface area contributed by atoms with Gasteiger partial charge in [0.25, 0.3) is 0 Å². The fraction of sp³-hybridized carbons (Fsp3) is 0.333. The molecule has 0 fully saturated rings. The third-order valence-electron chi connectivity index (χ3n) is 1.77. The van der Waals surface area contributed by atoms with Crippen LogP contribution in [-0.4, -0.2) is 11.7 Å². The summed E-state index contributed by atoms with van der Waals surface area (Å²) in [7, 11) is 0. The van der Waals surface area contributed by atoms with E-state index in [0.29, 0.717) is 5.56 Å². The van der Waals surface area contributed by atoms with E-state index in [1.54, 1.807) is 6.92 Å². The van der Waals surface area contributed by atoms with Gasteiger partial charge in [-0.15, -0.1) is 0 Å². The molecule has 1 N–H and O–H groups in total. The van der Waals surface area contributed by atoms with Crippen molar-refractivity contribution in [3.63, 3.8) is 0 Å². The Kier molecular flexibility index (Phi) is 2.76. The van der Waals surface area contributed by atoms with Gasteiger partial charge in [-0.05, 0) is 11.6 Å². The number of benzene rings is 1. The molecule has 0 aliphatic heterocycles. The van der Waals surface area contributed by atoms with Crippen molar-refractivity contribution in [1.29, 1.82) is 0 Å². The van der Waals surface area contributed by atoms with Gasteiger partial charge in [0.1, 0.15) is 11.6 Å². The second kappa shape index (κ2) is 3.63. The summed E-state index contributed by atoms with van der Waals surface area (Å²) < 4.78 is 25.3. The van der Waals surface area contributed by atoms with Gasteiger partial charge < -0.3 is 5.11 Å². The molecule has 12 heavy (non-hydrogen) atoms. The summed E-state index contributed by atoms with van der Waals surface area (Å²) in [5, 5.41) is 8.72. The molecule has 3 heteroatoms. The molecule has 0 heterocycles. The summed E-state index contributed by atoms with van der Waals surface area (Å²) in [5.74, 6) is -1.48. The van der Waals surface area contributed by atoms with E-state index in [-0.39, 0.29) is 12.5 Å². The highest BCUT2D eigenvalue weighted by Crippen LogP contribution is 2.18. The first-order chi connectivity index (χ1) is 5.65. The number of aliphatic hydroxyl groups is 1. The number of hydrogen-bond acceptors (Lipinski definition) is 1. The van der Waals surface area contributed by atoms with Gasteiger partial charge in [0.05, 0.1) is 0 Å². The van der Waals surface area contributed by atoms with Gasteiger partial charge in [0.15, 0.2) is 0 Å². The van der Waals surface area contributed by atoms with E-state index in [2.05, 4.69) is 0 Å². The predicted molar refractivity (Wildman–Crippen MR) is 41.9 cm³/mol. The lowest BCUT2D eigenvalue weighted by Gasteiger charge is -2.08. The van der Waals surface area contributed by atoms with Crippen LogP contribution in [0, 0.1) is 11.6 Å². The fourth-order valence-corrected chi connectivity index (χ4v) is 1.000. The Morgan fingerprint density at radius 2 is 2.08 bits per heavy atom. The molecule has 0 aromatic heterocycles. The normalized spacial score (nSPS) is 13.0. The summed E-state index contributed by atoms with van der Waals surface area (Å²) in [6.07, 6.45) is 0. The van der Waals surface area contributed by atoms with Gasteiger partial charge in [0.2, 0.25) is 0 Å². The Labute approximate surface area is 69.7 Å². The average molecular weight is 172 g/mol. The van der Waals surface area contributed by atoms with Crippen LogP contribution < -0.4 is 0 Å². The van der Waals surface area contributed by atoms with Crippen LogP contribution >= 0.6 is 0 Å². The lowest BCUT2D eigenvalue weighted by Crippen LogP contribution is -2.02. The Morgan fingerprint density at radius 1 is 1.42 bits per heavy atom. The minimum absolute atomic E-state index is 0.136. The molecule has 1 rings (SSSR count). The highest BCUT2D eigenvalue weighted by Gasteiger charge is 2.09. The van der Waals surface area contributed by atoms with Crippen molar-refractivity contribution in [3.8, 4) is 0 Å². The maximum atomic E-state index is 12.9. The van der Waals surface area contributed by atoms with Gasteiger partial charge in [-0.3, -0.25) is 0 Å². The zero-order valence-corrected chi connectivity index (χ0v) is 6.72. The second-order valence-corrected chi connectivity index (χ2v) is 2.75. The molecule has 0 amide bonds. The van der Waals surface area contributed by atoms with Gasteiger partial charge in [-0.2, -0.15) is 0 Å². The summed E-state index contributed by atoms with van der Waals surface area (Å²) in [6.45, 7) is 1.54. The fourth-order valence-electron chi connectivity index (χ4n) is 1.000. The Hall–Kier alpha value is -0.960. The van der Waals surface area contributed by atoms with E-state index in [1.807, 2.05) is 0 Å². The minimum Gasteiger partial charge on any atom is -0.396 e. The molecule has 0 unspecified atom stereocenters. The van der Waals surface area contributed by atoms with Crippen molar-refractivity contribution in [1.82, 2.24) is 0 Å². The molecular formula is C9H10F2O. The third kappa shape index (κ3) is 1.80. The van der Waals surface area contributed by atoms with Crippen molar-refractivity contribution in [2.75, 3.05) is 6.61 Å². The van der Waals surface area contributed by atoms with E-state index < -0.39 is 11.6 Å². The Balaban J connectivity index is 3.01. The quantitative estimate of drug-likeness (QED) is 0.723. The summed E-state index contributed by atoms with van der Waals surface area (Å²) in [6, 6.07) is 3.36. The first kappa shape index (κ1) is 9.13. The van der Waals surface area contributed by atoms with Crippen molar-refractivity contribution in [2.45, 2.75) is 12.8 Å². The van der Waals surface area contributed by atoms with Gasteiger partial charge in [0, 0.05) is 18.6 Å². The van der Waals surface area contributed by atoms with Crippen LogP contribution in [0.15, 0.2) is 18.2 Å². The zero-order chi connectivity index (χ0) is 9.14. The van der Waals surface area contributed by atoms with E-state index >= 15 is 0 Å². The number of hydrogen-bond donors (Lipinski definition) is 1. The molecule has 0 radical (unpaired) electrons. The van der Waals surface area contributed by atoms with Gasteiger partial charge >= 0.3 is 0 Å². The van der Waals surface area contributed by atoms with Crippen LogP contribution in [0.3, 0.4) is 0 Å². The van der Waals surface area contributed by atoms with Crippen LogP contribution in [0.2, 0.25) is 0 Å². The zero-order valence-electron chi connectivity index (χ0n) is 6.72. The van der Waals surface area contributed by atoms with E-state index in [4.69, 9.17) is 5.11 Å². The second-order valence-electron chi connectivity index (χ2n) is 2.75. The first-order valence-electron chi connectivity index (χ1n) is 3.71. The van der Waals surface area contributed by atoms with Crippen molar-refractivity contribution in [2.24, 2.45) is 0 Å². The van der Waals surface area contributed by atoms with Crippen LogP contribution in [-0.2, 0) is 0 Å². The lowest BCUT2D eigenvalue weighted by atomic mass is 10.0. The molecule has 0 spiro atoms. The molecule has 0 saturated carbocycles. The van der Waals surface area contributed by atoms with Crippen LogP contribution in [0.5, 0.6) is 0 Å². The third-order valence-corrected chi connectivity index (χ3v) is 1.77. The lowest BCUT2D eigenvalue weighted by molar-refractivity contribution is 0.270. The molecule has 0 aliphatic carbocycles. The molecule has 0 saturated heterocycles. The smallest absolute Gasteiger partial charge is 0.129 e. The SMILES string of the molecule is C[C@H](CO)c1ccc(F)cc1F. The monoisotopic (exact) mass is 172 g/mol. The van der Waals surface area contributed by atoms with Gasteiger partial charge in [-0.25, -0.2) is 8.78 Å². The highest BCUT2D eigenvalue weighted by molar-refractivity contribution is 5.21. The minimum atomic E-state index is -0.600. The Morgan fingerprint density at radius 3 is 2.58 bits per heavy atom. The molecule has 1 atom stereocenters. The van der Waals surface area contributed by atoms with Crippen LogP contribution in [0.4, 0.5) is 8.78 Å². The summed E-state index contributed by atoms with van der Waals surface area (Å²) in [4.78, 5) is 0. The number of halogens is 2. The number of rotatable bonds is 2. The molecule has 66 valence electrons. The van der Waals surface area contributed by atoms with Crippen molar-refractivity contribution >= 4 is 0 Å². The van der Waals surface area contributed by atoms with E-state index in [0.717, 1.165) is 6.07 Å². The van der Waals surface area contributed by atoms with E-state index in [9.17, 15) is 8.78 Å². The maximum Gasteiger partial charge on any atom is 0.129 e. The molecule has 1 nitrogen and oxygen atoms in total.